The Hall–Kier alpha value is -2.18. The summed E-state index contributed by atoms with van der Waals surface area (Å²) in [6, 6.07) is 12.3. The molecule has 130 valence electrons. The second kappa shape index (κ2) is 5.97. The Balaban J connectivity index is 1.86. The summed E-state index contributed by atoms with van der Waals surface area (Å²) in [5.41, 5.74) is 0.580. The fourth-order valence-corrected chi connectivity index (χ4v) is 5.63. The third kappa shape index (κ3) is 2.40. The lowest BCUT2D eigenvalue weighted by atomic mass is 9.97. The second-order valence-electron chi connectivity index (χ2n) is 6.50. The molecule has 0 aromatic heterocycles. The Labute approximate surface area is 147 Å². The van der Waals surface area contributed by atoms with Crippen molar-refractivity contribution in [2.45, 2.75) is 30.7 Å². The van der Waals surface area contributed by atoms with E-state index >= 15 is 0 Å². The van der Waals surface area contributed by atoms with E-state index in [2.05, 4.69) is 5.32 Å². The standard InChI is InChI=1S/C19H20N2O3S/c1-2-6-15-18-16(11-12-20-18)21(19(15)22)25(23,24)17-10-5-8-13-7-3-4-9-14(13)17/h3-5,7-11,15,18,20H,2,6,12H2,1H3/t15?,18-/m1/s1. The third-order valence-corrected chi connectivity index (χ3v) is 6.77. The normalized spacial score (nSPS) is 23.2. The lowest BCUT2D eigenvalue weighted by Crippen LogP contribution is -2.34. The number of carbonyl (C=O) groups is 1. The molecule has 2 aromatic carbocycles. The minimum atomic E-state index is -3.94. The van der Waals surface area contributed by atoms with Crippen LogP contribution in [-0.2, 0) is 14.8 Å². The van der Waals surface area contributed by atoms with Crippen molar-refractivity contribution in [2.75, 3.05) is 6.54 Å². The molecule has 6 heteroatoms. The highest BCUT2D eigenvalue weighted by Crippen LogP contribution is 2.39. The zero-order valence-electron chi connectivity index (χ0n) is 14.0. The first-order chi connectivity index (χ1) is 12.1. The minimum Gasteiger partial charge on any atom is -0.304 e. The lowest BCUT2D eigenvalue weighted by molar-refractivity contribution is -0.127. The van der Waals surface area contributed by atoms with E-state index in [-0.39, 0.29) is 22.8 Å². The molecule has 1 amide bonds. The maximum Gasteiger partial charge on any atom is 0.271 e. The number of sulfonamides is 1. The van der Waals surface area contributed by atoms with Crippen LogP contribution in [0.1, 0.15) is 19.8 Å². The van der Waals surface area contributed by atoms with Gasteiger partial charge in [0.05, 0.1) is 22.6 Å². The first-order valence-electron chi connectivity index (χ1n) is 8.56. The smallest absolute Gasteiger partial charge is 0.271 e. The molecule has 1 N–H and O–H groups in total. The molecule has 2 aliphatic rings. The number of nitrogens with zero attached hydrogens (tertiary/aromatic N) is 1. The van der Waals surface area contributed by atoms with Crippen LogP contribution in [0, 0.1) is 5.92 Å². The van der Waals surface area contributed by atoms with E-state index in [1.54, 1.807) is 18.2 Å². The highest BCUT2D eigenvalue weighted by Gasteiger charge is 2.50. The van der Waals surface area contributed by atoms with Crippen molar-refractivity contribution in [3.05, 3.63) is 54.2 Å². The number of hydrogen-bond donors (Lipinski definition) is 1. The summed E-state index contributed by atoms with van der Waals surface area (Å²) in [6.45, 7) is 2.60. The van der Waals surface area contributed by atoms with E-state index in [9.17, 15) is 13.2 Å². The Morgan fingerprint density at radius 3 is 2.72 bits per heavy atom. The Morgan fingerprint density at radius 1 is 1.16 bits per heavy atom. The second-order valence-corrected chi connectivity index (χ2v) is 8.25. The van der Waals surface area contributed by atoms with Gasteiger partial charge in [-0.25, -0.2) is 12.7 Å². The van der Waals surface area contributed by atoms with Gasteiger partial charge in [-0.05, 0) is 23.9 Å². The molecule has 1 saturated heterocycles. The first-order valence-corrected chi connectivity index (χ1v) is 10.00. The van der Waals surface area contributed by atoms with E-state index in [4.69, 9.17) is 0 Å². The molecule has 0 bridgehead atoms. The van der Waals surface area contributed by atoms with Crippen LogP contribution in [0.3, 0.4) is 0 Å². The van der Waals surface area contributed by atoms with Gasteiger partial charge in [0.1, 0.15) is 0 Å². The average molecular weight is 356 g/mol. The van der Waals surface area contributed by atoms with Gasteiger partial charge in [0.15, 0.2) is 0 Å². The van der Waals surface area contributed by atoms with Crippen LogP contribution in [0.5, 0.6) is 0 Å². The molecule has 0 aliphatic carbocycles. The predicted octanol–water partition coefficient (Wildman–Crippen LogP) is 2.64. The number of carbonyl (C=O) groups excluding carboxylic acids is 1. The summed E-state index contributed by atoms with van der Waals surface area (Å²) in [7, 11) is -3.94. The number of amides is 1. The number of fused-ring (bicyclic) bond motifs is 2. The van der Waals surface area contributed by atoms with Crippen molar-refractivity contribution in [1.29, 1.82) is 0 Å². The number of benzene rings is 2. The Bertz CT molecular complexity index is 976. The van der Waals surface area contributed by atoms with E-state index in [0.29, 0.717) is 24.0 Å². The molecule has 2 aromatic rings. The van der Waals surface area contributed by atoms with Crippen LogP contribution >= 0.6 is 0 Å². The van der Waals surface area contributed by atoms with Crippen LogP contribution in [0.15, 0.2) is 59.1 Å². The summed E-state index contributed by atoms with van der Waals surface area (Å²) in [6.07, 6.45) is 3.33. The molecule has 0 radical (unpaired) electrons. The van der Waals surface area contributed by atoms with E-state index < -0.39 is 10.0 Å². The fourth-order valence-electron chi connectivity index (χ4n) is 3.88. The molecular formula is C19H20N2O3S. The summed E-state index contributed by atoms with van der Waals surface area (Å²) in [5, 5.41) is 4.74. The molecule has 25 heavy (non-hydrogen) atoms. The van der Waals surface area contributed by atoms with Crippen LogP contribution < -0.4 is 5.32 Å². The topological polar surface area (TPSA) is 66.5 Å². The number of hydrogen-bond acceptors (Lipinski definition) is 4. The molecule has 5 nitrogen and oxygen atoms in total. The maximum absolute atomic E-state index is 13.4. The molecule has 2 atom stereocenters. The van der Waals surface area contributed by atoms with Crippen LogP contribution in [0.25, 0.3) is 10.8 Å². The molecule has 1 fully saturated rings. The van der Waals surface area contributed by atoms with Gasteiger partial charge >= 0.3 is 0 Å². The third-order valence-electron chi connectivity index (χ3n) is 4.99. The molecular weight excluding hydrogens is 336 g/mol. The molecule has 2 heterocycles. The molecule has 0 spiro atoms. The summed E-state index contributed by atoms with van der Waals surface area (Å²) in [5.74, 6) is -0.637. The van der Waals surface area contributed by atoms with Crippen molar-refractivity contribution >= 4 is 26.7 Å². The van der Waals surface area contributed by atoms with E-state index in [1.165, 1.54) is 0 Å². The molecule has 2 aliphatic heterocycles. The zero-order valence-corrected chi connectivity index (χ0v) is 14.8. The van der Waals surface area contributed by atoms with Gasteiger partial charge in [0.25, 0.3) is 10.0 Å². The average Bonchev–Trinajstić information content (AvgIpc) is 3.16. The van der Waals surface area contributed by atoms with Crippen LogP contribution in [0.2, 0.25) is 0 Å². The highest BCUT2D eigenvalue weighted by molar-refractivity contribution is 7.90. The Kier molecular flexibility index (Phi) is 3.89. The minimum absolute atomic E-state index is 0.183. The molecule has 0 saturated carbocycles. The SMILES string of the molecule is CCCC1C(=O)N(S(=O)(=O)c2cccc3ccccc23)C2=CCN[C@@H]21. The van der Waals surface area contributed by atoms with Gasteiger partial charge < -0.3 is 5.32 Å². The largest absolute Gasteiger partial charge is 0.304 e. The van der Waals surface area contributed by atoms with Crippen molar-refractivity contribution in [3.63, 3.8) is 0 Å². The summed E-state index contributed by atoms with van der Waals surface area (Å²) < 4.78 is 27.8. The molecule has 4 rings (SSSR count). The predicted molar refractivity (Wildman–Crippen MR) is 96.3 cm³/mol. The van der Waals surface area contributed by atoms with E-state index in [0.717, 1.165) is 16.1 Å². The van der Waals surface area contributed by atoms with Crippen molar-refractivity contribution in [3.8, 4) is 0 Å². The first kappa shape index (κ1) is 16.3. The summed E-state index contributed by atoms with van der Waals surface area (Å²) >= 11 is 0. The highest BCUT2D eigenvalue weighted by atomic mass is 32.2. The zero-order chi connectivity index (χ0) is 17.6. The van der Waals surface area contributed by atoms with Crippen LogP contribution in [-0.4, -0.2) is 31.2 Å². The van der Waals surface area contributed by atoms with Crippen molar-refractivity contribution in [1.82, 2.24) is 9.62 Å². The number of nitrogens with one attached hydrogen (secondary N) is 1. The van der Waals surface area contributed by atoms with Crippen molar-refractivity contribution < 1.29 is 13.2 Å². The van der Waals surface area contributed by atoms with Crippen molar-refractivity contribution in [2.24, 2.45) is 5.92 Å². The van der Waals surface area contributed by atoms with Gasteiger partial charge in [0, 0.05) is 11.9 Å². The van der Waals surface area contributed by atoms with Gasteiger partial charge in [-0.15, -0.1) is 0 Å². The Morgan fingerprint density at radius 2 is 1.92 bits per heavy atom. The summed E-state index contributed by atoms with van der Waals surface area (Å²) in [4.78, 5) is 13.1. The lowest BCUT2D eigenvalue weighted by Gasteiger charge is -2.19. The van der Waals surface area contributed by atoms with Gasteiger partial charge in [0.2, 0.25) is 5.91 Å². The quantitative estimate of drug-likeness (QED) is 0.915. The monoisotopic (exact) mass is 356 g/mol. The van der Waals surface area contributed by atoms with Gasteiger partial charge in [-0.1, -0.05) is 49.7 Å². The molecule has 1 unspecified atom stereocenters. The van der Waals surface area contributed by atoms with Gasteiger partial charge in [-0.2, -0.15) is 0 Å². The maximum atomic E-state index is 13.4. The fraction of sp³-hybridized carbons (Fsp3) is 0.316. The van der Waals surface area contributed by atoms with Crippen LogP contribution in [0.4, 0.5) is 0 Å². The van der Waals surface area contributed by atoms with E-state index in [1.807, 2.05) is 37.3 Å². The number of rotatable bonds is 4. The van der Waals surface area contributed by atoms with Gasteiger partial charge in [-0.3, -0.25) is 4.79 Å².